The van der Waals surface area contributed by atoms with E-state index in [2.05, 4.69) is 5.32 Å². The first kappa shape index (κ1) is 19.7. The largest absolute Gasteiger partial charge is 0.497 e. The Balaban J connectivity index is 1.71. The van der Waals surface area contributed by atoms with Crippen LogP contribution in [0.25, 0.3) is 0 Å². The minimum Gasteiger partial charge on any atom is -0.497 e. The van der Waals surface area contributed by atoms with Crippen LogP contribution in [-0.2, 0) is 15.8 Å². The first-order valence-corrected chi connectivity index (χ1v) is 8.31. The van der Waals surface area contributed by atoms with Crippen LogP contribution in [-0.4, -0.2) is 25.5 Å². The molecule has 0 aromatic heterocycles. The Morgan fingerprint density at radius 2 is 1.86 bits per heavy atom. The smallest absolute Gasteiger partial charge is 0.419 e. The highest BCUT2D eigenvalue weighted by atomic mass is 19.4. The monoisotopic (exact) mass is 396 g/mol. The molecule has 1 unspecified atom stereocenters. The van der Waals surface area contributed by atoms with E-state index in [1.54, 1.807) is 24.3 Å². The number of hydrogen-bond acceptors (Lipinski definition) is 3. The molecule has 148 valence electrons. The van der Waals surface area contributed by atoms with Gasteiger partial charge in [-0.3, -0.25) is 9.59 Å². The summed E-state index contributed by atoms with van der Waals surface area (Å²) >= 11 is 0. The van der Waals surface area contributed by atoms with Crippen LogP contribution < -0.4 is 15.0 Å². The molecule has 0 radical (unpaired) electrons. The number of benzene rings is 2. The van der Waals surface area contributed by atoms with Crippen molar-refractivity contribution in [1.29, 1.82) is 0 Å². The van der Waals surface area contributed by atoms with Crippen molar-refractivity contribution in [2.24, 2.45) is 5.92 Å². The summed E-state index contributed by atoms with van der Waals surface area (Å²) in [5.41, 5.74) is -1.07. The van der Waals surface area contributed by atoms with Crippen molar-refractivity contribution in [3.05, 3.63) is 53.8 Å². The lowest BCUT2D eigenvalue weighted by Crippen LogP contribution is -2.28. The number of nitrogens with one attached hydrogen (secondary N) is 1. The van der Waals surface area contributed by atoms with Crippen LogP contribution in [0.5, 0.6) is 5.75 Å². The molecule has 3 rings (SSSR count). The van der Waals surface area contributed by atoms with Crippen molar-refractivity contribution in [3.8, 4) is 5.75 Å². The van der Waals surface area contributed by atoms with Crippen molar-refractivity contribution in [3.63, 3.8) is 0 Å². The molecule has 1 atom stereocenters. The number of rotatable bonds is 4. The van der Waals surface area contributed by atoms with Gasteiger partial charge in [-0.1, -0.05) is 0 Å². The van der Waals surface area contributed by atoms with Crippen molar-refractivity contribution in [2.45, 2.75) is 12.6 Å². The molecule has 1 N–H and O–H groups in total. The van der Waals surface area contributed by atoms with Crippen molar-refractivity contribution < 1.29 is 31.9 Å². The highest BCUT2D eigenvalue weighted by molar-refractivity contribution is 6.03. The normalized spacial score (nSPS) is 17.0. The maximum atomic E-state index is 13.4. The summed E-state index contributed by atoms with van der Waals surface area (Å²) < 4.78 is 56.8. The highest BCUT2D eigenvalue weighted by Gasteiger charge is 2.36. The van der Waals surface area contributed by atoms with Crippen LogP contribution in [0.15, 0.2) is 42.5 Å². The molecular formula is C19H16F4N2O3. The number of anilines is 2. The van der Waals surface area contributed by atoms with E-state index < -0.39 is 29.4 Å². The number of halogens is 4. The van der Waals surface area contributed by atoms with E-state index in [-0.39, 0.29) is 24.6 Å². The second-order valence-electron chi connectivity index (χ2n) is 6.29. The molecule has 0 bridgehead atoms. The second-order valence-corrected chi connectivity index (χ2v) is 6.29. The van der Waals surface area contributed by atoms with E-state index in [1.165, 1.54) is 12.0 Å². The van der Waals surface area contributed by atoms with Gasteiger partial charge in [-0.25, -0.2) is 4.39 Å². The lowest BCUT2D eigenvalue weighted by atomic mass is 10.1. The number of nitrogens with zero attached hydrogens (tertiary/aromatic N) is 1. The Morgan fingerprint density at radius 3 is 2.46 bits per heavy atom. The van der Waals surface area contributed by atoms with E-state index >= 15 is 0 Å². The molecule has 9 heteroatoms. The Bertz CT molecular complexity index is 897. The fourth-order valence-electron chi connectivity index (χ4n) is 2.96. The van der Waals surface area contributed by atoms with Gasteiger partial charge in [0.2, 0.25) is 11.8 Å². The molecular weight excluding hydrogens is 380 g/mol. The summed E-state index contributed by atoms with van der Waals surface area (Å²) in [5, 5.41) is 2.33. The third-order valence-electron chi connectivity index (χ3n) is 4.42. The number of alkyl halides is 3. The van der Waals surface area contributed by atoms with Gasteiger partial charge in [0.25, 0.3) is 0 Å². The van der Waals surface area contributed by atoms with Crippen LogP contribution in [0, 0.1) is 11.7 Å². The fraction of sp³-hybridized carbons (Fsp3) is 0.263. The second kappa shape index (κ2) is 7.49. The first-order valence-electron chi connectivity index (χ1n) is 8.31. The van der Waals surface area contributed by atoms with E-state index in [0.29, 0.717) is 23.6 Å². The van der Waals surface area contributed by atoms with Crippen molar-refractivity contribution in [1.82, 2.24) is 0 Å². The van der Waals surface area contributed by atoms with Crippen LogP contribution in [0.2, 0.25) is 0 Å². The van der Waals surface area contributed by atoms with E-state index in [1.807, 2.05) is 0 Å². The number of amides is 2. The van der Waals surface area contributed by atoms with Gasteiger partial charge in [-0.15, -0.1) is 0 Å². The Morgan fingerprint density at radius 1 is 1.18 bits per heavy atom. The summed E-state index contributed by atoms with van der Waals surface area (Å²) in [7, 11) is 1.51. The average Bonchev–Trinajstić information content (AvgIpc) is 3.04. The Hall–Kier alpha value is -3.10. The number of ether oxygens (including phenoxy) is 1. The molecule has 1 aliphatic rings. The summed E-state index contributed by atoms with van der Waals surface area (Å²) in [6, 6.07) is 8.91. The number of hydrogen-bond donors (Lipinski definition) is 1. The SMILES string of the molecule is COc1ccc(N2CC(C(=O)Nc3ccc(F)c(C(F)(F)F)c3)CC2=O)cc1. The molecule has 1 fully saturated rings. The molecule has 0 spiro atoms. The molecule has 5 nitrogen and oxygen atoms in total. The summed E-state index contributed by atoms with van der Waals surface area (Å²) in [4.78, 5) is 26.1. The molecule has 1 saturated heterocycles. The Kier molecular flexibility index (Phi) is 5.26. The topological polar surface area (TPSA) is 58.6 Å². The van der Waals surface area contributed by atoms with E-state index in [0.717, 1.165) is 6.07 Å². The maximum Gasteiger partial charge on any atom is 0.419 e. The van der Waals surface area contributed by atoms with Crippen LogP contribution in [0.3, 0.4) is 0 Å². The third-order valence-corrected chi connectivity index (χ3v) is 4.42. The number of methoxy groups -OCH3 is 1. The third kappa shape index (κ3) is 4.08. The maximum absolute atomic E-state index is 13.4. The average molecular weight is 396 g/mol. The zero-order chi connectivity index (χ0) is 20.5. The zero-order valence-corrected chi connectivity index (χ0v) is 14.7. The van der Waals surface area contributed by atoms with E-state index in [4.69, 9.17) is 4.74 Å². The van der Waals surface area contributed by atoms with Crippen LogP contribution >= 0.6 is 0 Å². The molecule has 1 aliphatic heterocycles. The molecule has 1 heterocycles. The van der Waals surface area contributed by atoms with Crippen molar-refractivity contribution >= 4 is 23.2 Å². The van der Waals surface area contributed by atoms with Gasteiger partial charge in [0.15, 0.2) is 0 Å². The van der Waals surface area contributed by atoms with Gasteiger partial charge in [0.05, 0.1) is 18.6 Å². The van der Waals surface area contributed by atoms with Gasteiger partial charge >= 0.3 is 6.18 Å². The molecule has 0 aliphatic carbocycles. The predicted octanol–water partition coefficient (Wildman–Crippen LogP) is 3.84. The molecule has 28 heavy (non-hydrogen) atoms. The minimum absolute atomic E-state index is 0.0782. The van der Waals surface area contributed by atoms with Gasteiger partial charge in [-0.05, 0) is 42.5 Å². The van der Waals surface area contributed by atoms with E-state index in [9.17, 15) is 27.2 Å². The zero-order valence-electron chi connectivity index (χ0n) is 14.7. The van der Waals surface area contributed by atoms with Crippen LogP contribution in [0.1, 0.15) is 12.0 Å². The lowest BCUT2D eigenvalue weighted by molar-refractivity contribution is -0.140. The molecule has 2 aromatic carbocycles. The fourth-order valence-corrected chi connectivity index (χ4v) is 2.96. The summed E-state index contributed by atoms with van der Waals surface area (Å²) in [5.74, 6) is -2.44. The van der Waals surface area contributed by atoms with Crippen LogP contribution in [0.4, 0.5) is 28.9 Å². The molecule has 2 aromatic rings. The lowest BCUT2D eigenvalue weighted by Gasteiger charge is -2.17. The highest BCUT2D eigenvalue weighted by Crippen LogP contribution is 2.33. The standard InChI is InChI=1S/C19H16F4N2O3/c1-28-14-5-3-13(4-6-14)25-10-11(8-17(25)26)18(27)24-12-2-7-16(20)15(9-12)19(21,22)23/h2-7,9,11H,8,10H2,1H3,(H,24,27). The van der Waals surface area contributed by atoms with Gasteiger partial charge in [0, 0.05) is 24.3 Å². The number of carbonyl (C=O) groups excluding carboxylic acids is 2. The van der Waals surface area contributed by atoms with Gasteiger partial charge in [0.1, 0.15) is 11.6 Å². The Labute approximate surface area is 157 Å². The van der Waals surface area contributed by atoms with Gasteiger partial charge in [-0.2, -0.15) is 13.2 Å². The minimum atomic E-state index is -4.88. The summed E-state index contributed by atoms with van der Waals surface area (Å²) in [6.07, 6.45) is -4.95. The predicted molar refractivity (Wildman–Crippen MR) is 93.5 cm³/mol. The van der Waals surface area contributed by atoms with Gasteiger partial charge < -0.3 is 15.0 Å². The number of carbonyl (C=O) groups is 2. The first-order chi connectivity index (χ1) is 13.2. The molecule has 2 amide bonds. The van der Waals surface area contributed by atoms with Crippen molar-refractivity contribution in [2.75, 3.05) is 23.9 Å². The summed E-state index contributed by atoms with van der Waals surface area (Å²) in [6.45, 7) is 0.0876. The molecule has 0 saturated carbocycles. The quantitative estimate of drug-likeness (QED) is 0.799.